The first-order valence-corrected chi connectivity index (χ1v) is 9.55. The summed E-state index contributed by atoms with van der Waals surface area (Å²) in [7, 11) is 2.02. The molecule has 2 saturated heterocycles. The number of hydrogen-bond acceptors (Lipinski definition) is 4. The molecule has 1 aromatic carbocycles. The van der Waals surface area contributed by atoms with E-state index >= 15 is 0 Å². The molecular formula is C20H28FN3O3. The largest absolute Gasteiger partial charge is 0.388 e. The van der Waals surface area contributed by atoms with Crippen molar-refractivity contribution in [3.63, 3.8) is 0 Å². The summed E-state index contributed by atoms with van der Waals surface area (Å²) in [5, 5.41) is 13.5. The molecule has 2 N–H and O–H groups in total. The van der Waals surface area contributed by atoms with Gasteiger partial charge in [-0.3, -0.25) is 9.59 Å². The Labute approximate surface area is 159 Å². The Kier molecular flexibility index (Phi) is 6.11. The van der Waals surface area contributed by atoms with Gasteiger partial charge in [-0.15, -0.1) is 0 Å². The molecule has 3 rings (SSSR count). The lowest BCUT2D eigenvalue weighted by Gasteiger charge is -2.37. The fraction of sp³-hybridized carbons (Fsp3) is 0.600. The Balaban J connectivity index is 1.53. The summed E-state index contributed by atoms with van der Waals surface area (Å²) < 4.78 is 13.4. The minimum Gasteiger partial charge on any atom is -0.388 e. The van der Waals surface area contributed by atoms with Crippen LogP contribution in [0.4, 0.5) is 4.39 Å². The van der Waals surface area contributed by atoms with Crippen LogP contribution >= 0.6 is 0 Å². The summed E-state index contributed by atoms with van der Waals surface area (Å²) in [4.78, 5) is 28.5. The van der Waals surface area contributed by atoms with Crippen LogP contribution in [0.15, 0.2) is 24.3 Å². The van der Waals surface area contributed by atoms with Crippen LogP contribution in [-0.4, -0.2) is 65.5 Å². The van der Waals surface area contributed by atoms with Gasteiger partial charge in [-0.2, -0.15) is 0 Å². The average molecular weight is 377 g/mol. The Bertz CT molecular complexity index is 689. The summed E-state index contributed by atoms with van der Waals surface area (Å²) in [5.41, 5.74) is -0.140. The molecule has 2 aliphatic heterocycles. The molecule has 2 aliphatic rings. The van der Waals surface area contributed by atoms with Gasteiger partial charge in [0.1, 0.15) is 5.82 Å². The lowest BCUT2D eigenvalue weighted by Crippen LogP contribution is -2.52. The van der Waals surface area contributed by atoms with Crippen molar-refractivity contribution < 1.29 is 19.1 Å². The number of nitrogens with zero attached hydrogens (tertiary/aromatic N) is 2. The van der Waals surface area contributed by atoms with Crippen molar-refractivity contribution >= 4 is 11.8 Å². The molecule has 0 aromatic heterocycles. The van der Waals surface area contributed by atoms with Crippen molar-refractivity contribution in [1.29, 1.82) is 0 Å². The molecule has 1 unspecified atom stereocenters. The molecule has 2 fully saturated rings. The van der Waals surface area contributed by atoms with E-state index in [0.717, 1.165) is 13.1 Å². The highest BCUT2D eigenvalue weighted by atomic mass is 19.1. The highest BCUT2D eigenvalue weighted by Crippen LogP contribution is 2.23. The Morgan fingerprint density at radius 3 is 2.81 bits per heavy atom. The van der Waals surface area contributed by atoms with E-state index in [1.54, 1.807) is 17.0 Å². The molecule has 0 radical (unpaired) electrons. The molecule has 27 heavy (non-hydrogen) atoms. The van der Waals surface area contributed by atoms with Gasteiger partial charge in [0, 0.05) is 39.1 Å². The first kappa shape index (κ1) is 19.8. The number of benzene rings is 1. The third-order valence-corrected chi connectivity index (χ3v) is 5.64. The van der Waals surface area contributed by atoms with Gasteiger partial charge in [0.2, 0.25) is 11.8 Å². The van der Waals surface area contributed by atoms with Crippen LogP contribution in [0.5, 0.6) is 0 Å². The first-order valence-electron chi connectivity index (χ1n) is 9.55. The minimum absolute atomic E-state index is 0.0164. The predicted octanol–water partition coefficient (Wildman–Crippen LogP) is 1.14. The van der Waals surface area contributed by atoms with E-state index in [0.29, 0.717) is 44.3 Å². The second-order valence-corrected chi connectivity index (χ2v) is 7.89. The third kappa shape index (κ3) is 5.26. The highest BCUT2D eigenvalue weighted by Gasteiger charge is 2.34. The van der Waals surface area contributed by atoms with Crippen molar-refractivity contribution in [2.75, 3.05) is 33.2 Å². The smallest absolute Gasteiger partial charge is 0.225 e. The van der Waals surface area contributed by atoms with Crippen molar-refractivity contribution in [3.8, 4) is 0 Å². The highest BCUT2D eigenvalue weighted by molar-refractivity contribution is 5.83. The predicted molar refractivity (Wildman–Crippen MR) is 99.2 cm³/mol. The van der Waals surface area contributed by atoms with E-state index in [2.05, 4.69) is 10.2 Å². The summed E-state index contributed by atoms with van der Waals surface area (Å²) in [6, 6.07) is 6.17. The number of amides is 2. The monoisotopic (exact) mass is 377 g/mol. The molecule has 148 valence electrons. The van der Waals surface area contributed by atoms with E-state index in [9.17, 15) is 19.1 Å². The van der Waals surface area contributed by atoms with E-state index in [1.807, 2.05) is 7.05 Å². The number of halogens is 1. The van der Waals surface area contributed by atoms with Crippen LogP contribution in [0.25, 0.3) is 0 Å². The topological polar surface area (TPSA) is 72.9 Å². The van der Waals surface area contributed by atoms with Gasteiger partial charge < -0.3 is 20.2 Å². The van der Waals surface area contributed by atoms with Crippen LogP contribution in [0.2, 0.25) is 0 Å². The lowest BCUT2D eigenvalue weighted by molar-refractivity contribution is -0.139. The van der Waals surface area contributed by atoms with Crippen LogP contribution in [-0.2, 0) is 16.1 Å². The molecule has 6 nitrogen and oxygen atoms in total. The lowest BCUT2D eigenvalue weighted by atomic mass is 9.90. The molecule has 2 amide bonds. The van der Waals surface area contributed by atoms with E-state index in [-0.39, 0.29) is 30.1 Å². The molecule has 7 heteroatoms. The zero-order chi connectivity index (χ0) is 19.4. The van der Waals surface area contributed by atoms with E-state index in [4.69, 9.17) is 0 Å². The number of hydrogen-bond donors (Lipinski definition) is 2. The fourth-order valence-corrected chi connectivity index (χ4v) is 3.74. The third-order valence-electron chi connectivity index (χ3n) is 5.64. The number of piperidine rings is 2. The van der Waals surface area contributed by atoms with Crippen LogP contribution < -0.4 is 5.32 Å². The quantitative estimate of drug-likeness (QED) is 0.807. The Morgan fingerprint density at radius 1 is 1.37 bits per heavy atom. The maximum Gasteiger partial charge on any atom is 0.225 e. The van der Waals surface area contributed by atoms with Crippen LogP contribution in [0.3, 0.4) is 0 Å². The zero-order valence-electron chi connectivity index (χ0n) is 15.8. The summed E-state index contributed by atoms with van der Waals surface area (Å²) in [6.45, 7) is 2.49. The average Bonchev–Trinajstić information content (AvgIpc) is 2.64. The van der Waals surface area contributed by atoms with Gasteiger partial charge in [0.05, 0.1) is 11.5 Å². The molecule has 0 bridgehead atoms. The zero-order valence-corrected chi connectivity index (χ0v) is 15.8. The molecule has 0 saturated carbocycles. The maximum absolute atomic E-state index is 13.4. The van der Waals surface area contributed by atoms with Crippen LogP contribution in [0.1, 0.15) is 31.2 Å². The van der Waals surface area contributed by atoms with Gasteiger partial charge in [0.25, 0.3) is 0 Å². The van der Waals surface area contributed by atoms with Crippen LogP contribution in [0, 0.1) is 11.7 Å². The number of rotatable bonds is 5. The van der Waals surface area contributed by atoms with Gasteiger partial charge in [-0.1, -0.05) is 12.1 Å². The van der Waals surface area contributed by atoms with Crippen molar-refractivity contribution in [2.24, 2.45) is 5.92 Å². The second-order valence-electron chi connectivity index (χ2n) is 7.89. The first-order chi connectivity index (χ1) is 12.8. The number of nitrogens with one attached hydrogen (secondary N) is 1. The van der Waals surface area contributed by atoms with E-state index < -0.39 is 5.60 Å². The number of carbonyl (C=O) groups is 2. The summed E-state index contributed by atoms with van der Waals surface area (Å²) >= 11 is 0. The van der Waals surface area contributed by atoms with Crippen molar-refractivity contribution in [1.82, 2.24) is 15.1 Å². The molecule has 1 aromatic rings. The molecule has 0 aliphatic carbocycles. The SMILES string of the molecule is CN1CCC(O)(CNC(=O)C2CCC(=O)N(Cc3cccc(F)c3)C2)CC1. The fourth-order valence-electron chi connectivity index (χ4n) is 3.74. The van der Waals surface area contributed by atoms with Gasteiger partial charge in [-0.05, 0) is 44.0 Å². The molecule has 1 atom stereocenters. The molecule has 0 spiro atoms. The molecular weight excluding hydrogens is 349 g/mol. The van der Waals surface area contributed by atoms with Crippen molar-refractivity contribution in [2.45, 2.75) is 37.8 Å². The normalized spacial score (nSPS) is 23.3. The Hall–Kier alpha value is -1.99. The van der Waals surface area contributed by atoms with Gasteiger partial charge in [-0.25, -0.2) is 4.39 Å². The second kappa shape index (κ2) is 8.35. The molecule has 2 heterocycles. The van der Waals surface area contributed by atoms with Gasteiger partial charge in [0.15, 0.2) is 0 Å². The minimum atomic E-state index is -0.853. The summed E-state index contributed by atoms with van der Waals surface area (Å²) in [6.07, 6.45) is 2.09. The number of carbonyl (C=O) groups excluding carboxylic acids is 2. The number of aliphatic hydroxyl groups is 1. The number of likely N-dealkylation sites (tertiary alicyclic amines) is 2. The van der Waals surface area contributed by atoms with Gasteiger partial charge >= 0.3 is 0 Å². The van der Waals surface area contributed by atoms with E-state index in [1.165, 1.54) is 12.1 Å². The standard InChI is InChI=1S/C20H28FN3O3/c1-23-9-7-20(27,8-10-23)14-22-19(26)16-5-6-18(25)24(13-16)12-15-3-2-4-17(21)11-15/h2-4,11,16,27H,5-10,12-14H2,1H3,(H,22,26). The van der Waals surface area contributed by atoms with Crippen molar-refractivity contribution in [3.05, 3.63) is 35.6 Å². The maximum atomic E-state index is 13.4. The summed E-state index contributed by atoms with van der Waals surface area (Å²) in [5.74, 6) is -0.778. The Morgan fingerprint density at radius 2 is 2.11 bits per heavy atom.